The van der Waals surface area contributed by atoms with E-state index in [0.717, 1.165) is 18.3 Å². The van der Waals surface area contributed by atoms with Crippen LogP contribution in [0, 0.1) is 0 Å². The molecule has 0 fully saturated rings. The molecule has 134 valence electrons. The van der Waals surface area contributed by atoms with Gasteiger partial charge in [0.05, 0.1) is 18.4 Å². The number of nitrogens with zero attached hydrogens (tertiary/aromatic N) is 2. The maximum absolute atomic E-state index is 12.7. The fourth-order valence-corrected chi connectivity index (χ4v) is 1.96. The van der Waals surface area contributed by atoms with Gasteiger partial charge in [-0.1, -0.05) is 12.1 Å². The van der Waals surface area contributed by atoms with E-state index >= 15 is 0 Å². The van der Waals surface area contributed by atoms with Crippen LogP contribution in [-0.4, -0.2) is 41.4 Å². The number of rotatable bonds is 7. The number of aromatic nitrogens is 2. The minimum absolute atomic E-state index is 0.0425. The SMILES string of the molecule is COCCCOc1ncc(C(=O)O)nc1-c1ccc(C(F)(F)F)cc1. The predicted octanol–water partition coefficient (Wildman–Crippen LogP) is 3.28. The molecule has 0 atom stereocenters. The largest absolute Gasteiger partial charge is 0.476 e. The monoisotopic (exact) mass is 356 g/mol. The van der Waals surface area contributed by atoms with Gasteiger partial charge in [-0.15, -0.1) is 0 Å². The number of halogens is 3. The second kappa shape index (κ2) is 7.93. The molecule has 0 aliphatic rings. The fraction of sp³-hybridized carbons (Fsp3) is 0.312. The standard InChI is InChI=1S/C16H15F3N2O4/c1-24-7-2-8-25-14-13(21-12(9-20-14)15(22)23)10-3-5-11(6-4-10)16(17,18)19/h3-6,9H,2,7-8H2,1H3,(H,22,23). The topological polar surface area (TPSA) is 81.5 Å². The number of aromatic carboxylic acids is 1. The highest BCUT2D eigenvalue weighted by Crippen LogP contribution is 2.32. The van der Waals surface area contributed by atoms with Gasteiger partial charge in [-0.3, -0.25) is 0 Å². The molecule has 0 aliphatic heterocycles. The van der Waals surface area contributed by atoms with Crippen molar-refractivity contribution in [2.45, 2.75) is 12.6 Å². The van der Waals surface area contributed by atoms with Crippen LogP contribution in [0.5, 0.6) is 5.88 Å². The summed E-state index contributed by atoms with van der Waals surface area (Å²) in [6.07, 6.45) is -2.88. The summed E-state index contributed by atoms with van der Waals surface area (Å²) < 4.78 is 48.4. The van der Waals surface area contributed by atoms with Crippen LogP contribution >= 0.6 is 0 Å². The van der Waals surface area contributed by atoms with E-state index in [1.165, 1.54) is 19.2 Å². The summed E-state index contributed by atoms with van der Waals surface area (Å²) in [5.41, 5.74) is -0.823. The highest BCUT2D eigenvalue weighted by molar-refractivity contribution is 5.86. The first-order valence-corrected chi connectivity index (χ1v) is 7.22. The fourth-order valence-electron chi connectivity index (χ4n) is 1.96. The van der Waals surface area contributed by atoms with Crippen molar-refractivity contribution in [2.24, 2.45) is 0 Å². The summed E-state index contributed by atoms with van der Waals surface area (Å²) in [6.45, 7) is 0.693. The lowest BCUT2D eigenvalue weighted by atomic mass is 10.1. The molecule has 1 N–H and O–H groups in total. The molecule has 9 heteroatoms. The zero-order valence-electron chi connectivity index (χ0n) is 13.2. The van der Waals surface area contributed by atoms with Crippen LogP contribution < -0.4 is 4.74 Å². The Bertz CT molecular complexity index is 733. The van der Waals surface area contributed by atoms with Crippen molar-refractivity contribution >= 4 is 5.97 Å². The van der Waals surface area contributed by atoms with E-state index in [1.54, 1.807) is 0 Å². The Kier molecular flexibility index (Phi) is 5.92. The molecule has 2 aromatic rings. The van der Waals surface area contributed by atoms with E-state index < -0.39 is 17.7 Å². The maximum Gasteiger partial charge on any atom is 0.416 e. The molecule has 0 unspecified atom stereocenters. The van der Waals surface area contributed by atoms with E-state index in [0.29, 0.717) is 13.0 Å². The Morgan fingerprint density at radius 3 is 2.44 bits per heavy atom. The van der Waals surface area contributed by atoms with Crippen molar-refractivity contribution in [1.29, 1.82) is 0 Å². The van der Waals surface area contributed by atoms with Gasteiger partial charge in [0, 0.05) is 25.7 Å². The highest BCUT2D eigenvalue weighted by Gasteiger charge is 2.30. The van der Waals surface area contributed by atoms with Crippen LogP contribution in [0.4, 0.5) is 13.2 Å². The van der Waals surface area contributed by atoms with Gasteiger partial charge in [0.2, 0.25) is 5.88 Å². The van der Waals surface area contributed by atoms with Crippen LogP contribution in [-0.2, 0) is 10.9 Å². The normalized spacial score (nSPS) is 11.4. The number of hydrogen-bond acceptors (Lipinski definition) is 5. The molecule has 1 aromatic carbocycles. The molecule has 0 aliphatic carbocycles. The molecule has 2 rings (SSSR count). The van der Waals surface area contributed by atoms with E-state index in [1.807, 2.05) is 0 Å². The van der Waals surface area contributed by atoms with Crippen LogP contribution in [0.3, 0.4) is 0 Å². The summed E-state index contributed by atoms with van der Waals surface area (Å²) in [7, 11) is 1.54. The quantitative estimate of drug-likeness (QED) is 0.767. The maximum atomic E-state index is 12.7. The first-order chi connectivity index (χ1) is 11.8. The van der Waals surface area contributed by atoms with Crippen molar-refractivity contribution in [3.63, 3.8) is 0 Å². The van der Waals surface area contributed by atoms with Crippen LogP contribution in [0.15, 0.2) is 30.5 Å². The second-order valence-electron chi connectivity index (χ2n) is 4.98. The molecular formula is C16H15F3N2O4. The van der Waals surface area contributed by atoms with Crippen LogP contribution in [0.25, 0.3) is 11.3 Å². The summed E-state index contributed by atoms with van der Waals surface area (Å²) in [5.74, 6) is -1.26. The molecule has 0 saturated carbocycles. The third-order valence-electron chi connectivity index (χ3n) is 3.18. The van der Waals surface area contributed by atoms with Crippen molar-refractivity contribution in [3.8, 4) is 17.1 Å². The first kappa shape index (κ1) is 18.7. The molecule has 1 aromatic heterocycles. The Morgan fingerprint density at radius 1 is 1.20 bits per heavy atom. The number of alkyl halides is 3. The molecular weight excluding hydrogens is 341 g/mol. The second-order valence-corrected chi connectivity index (χ2v) is 4.98. The number of carbonyl (C=O) groups is 1. The lowest BCUT2D eigenvalue weighted by Crippen LogP contribution is -2.08. The van der Waals surface area contributed by atoms with E-state index in [9.17, 15) is 18.0 Å². The zero-order chi connectivity index (χ0) is 18.4. The van der Waals surface area contributed by atoms with Crippen LogP contribution in [0.1, 0.15) is 22.5 Å². The molecule has 0 saturated heterocycles. The van der Waals surface area contributed by atoms with Gasteiger partial charge in [-0.25, -0.2) is 14.8 Å². The molecule has 0 amide bonds. The summed E-state index contributed by atoms with van der Waals surface area (Å²) in [5, 5.41) is 9.04. The van der Waals surface area contributed by atoms with Crippen molar-refractivity contribution in [1.82, 2.24) is 9.97 Å². The van der Waals surface area contributed by atoms with E-state index in [2.05, 4.69) is 9.97 Å². The van der Waals surface area contributed by atoms with Crippen molar-refractivity contribution in [3.05, 3.63) is 41.7 Å². The Balaban J connectivity index is 2.35. The van der Waals surface area contributed by atoms with Gasteiger partial charge in [0.15, 0.2) is 5.69 Å². The van der Waals surface area contributed by atoms with E-state index in [-0.39, 0.29) is 29.4 Å². The third kappa shape index (κ3) is 4.90. The van der Waals surface area contributed by atoms with Gasteiger partial charge in [-0.2, -0.15) is 13.2 Å². The number of carboxylic acids is 1. The summed E-state index contributed by atoms with van der Waals surface area (Å²) in [6, 6.07) is 4.17. The average molecular weight is 356 g/mol. The lowest BCUT2D eigenvalue weighted by Gasteiger charge is -2.11. The zero-order valence-corrected chi connectivity index (χ0v) is 13.2. The van der Waals surface area contributed by atoms with Crippen LogP contribution in [0.2, 0.25) is 0 Å². The summed E-state index contributed by atoms with van der Waals surface area (Å²) in [4.78, 5) is 18.9. The minimum Gasteiger partial charge on any atom is -0.476 e. The minimum atomic E-state index is -4.47. The van der Waals surface area contributed by atoms with Gasteiger partial charge in [-0.05, 0) is 12.1 Å². The number of hydrogen-bond donors (Lipinski definition) is 1. The highest BCUT2D eigenvalue weighted by atomic mass is 19.4. The predicted molar refractivity (Wildman–Crippen MR) is 81.4 cm³/mol. The van der Waals surface area contributed by atoms with Crippen molar-refractivity contribution in [2.75, 3.05) is 20.3 Å². The third-order valence-corrected chi connectivity index (χ3v) is 3.18. The molecule has 25 heavy (non-hydrogen) atoms. The summed E-state index contributed by atoms with van der Waals surface area (Å²) >= 11 is 0. The van der Waals surface area contributed by atoms with Crippen molar-refractivity contribution < 1.29 is 32.5 Å². The van der Waals surface area contributed by atoms with E-state index in [4.69, 9.17) is 14.6 Å². The van der Waals surface area contributed by atoms with Gasteiger partial charge in [0.25, 0.3) is 0 Å². The number of carboxylic acid groups (broad SMARTS) is 1. The molecule has 0 radical (unpaired) electrons. The van der Waals surface area contributed by atoms with Gasteiger partial charge in [0.1, 0.15) is 5.69 Å². The average Bonchev–Trinajstić information content (AvgIpc) is 2.58. The Labute approximate surface area is 141 Å². The molecule has 6 nitrogen and oxygen atoms in total. The number of benzene rings is 1. The molecule has 0 spiro atoms. The number of ether oxygens (including phenoxy) is 2. The first-order valence-electron chi connectivity index (χ1n) is 7.22. The van der Waals surface area contributed by atoms with Gasteiger partial charge < -0.3 is 14.6 Å². The number of methoxy groups -OCH3 is 1. The molecule has 1 heterocycles. The molecule has 0 bridgehead atoms. The lowest BCUT2D eigenvalue weighted by molar-refractivity contribution is -0.137. The Hall–Kier alpha value is -2.68. The Morgan fingerprint density at radius 2 is 1.88 bits per heavy atom. The van der Waals surface area contributed by atoms with Gasteiger partial charge >= 0.3 is 12.1 Å². The smallest absolute Gasteiger partial charge is 0.416 e.